The van der Waals surface area contributed by atoms with Crippen LogP contribution in [0, 0.1) is 6.92 Å². The Morgan fingerprint density at radius 2 is 2.06 bits per heavy atom. The zero-order valence-electron chi connectivity index (χ0n) is 10.8. The summed E-state index contributed by atoms with van der Waals surface area (Å²) in [4.78, 5) is 19.8. The molecule has 6 heteroatoms. The molecule has 0 radical (unpaired) electrons. The molecule has 0 saturated carbocycles. The first-order chi connectivity index (χ1) is 8.47. The van der Waals surface area contributed by atoms with Crippen LogP contribution in [-0.2, 0) is 0 Å². The molecule has 18 heavy (non-hydrogen) atoms. The lowest BCUT2D eigenvalue weighted by Crippen LogP contribution is -2.10. The summed E-state index contributed by atoms with van der Waals surface area (Å²) in [6.45, 7) is 5.72. The minimum atomic E-state index is -1.01. The first-order valence-corrected chi connectivity index (χ1v) is 6.81. The largest absolute Gasteiger partial charge is 0.478 e. The van der Waals surface area contributed by atoms with Crippen molar-refractivity contribution in [3.63, 3.8) is 0 Å². The van der Waals surface area contributed by atoms with E-state index in [-0.39, 0.29) is 18.1 Å². The lowest BCUT2D eigenvalue weighted by atomic mass is 10.2. The van der Waals surface area contributed by atoms with Gasteiger partial charge in [-0.2, -0.15) is 0 Å². The number of thioether (sulfide) groups is 1. The summed E-state index contributed by atoms with van der Waals surface area (Å²) >= 11 is 1.35. The minimum absolute atomic E-state index is 0.0938. The van der Waals surface area contributed by atoms with Gasteiger partial charge in [-0.15, -0.1) is 11.8 Å². The number of aromatic nitrogens is 2. The zero-order chi connectivity index (χ0) is 13.7. The predicted molar refractivity (Wildman–Crippen MR) is 70.2 cm³/mol. The molecule has 0 aromatic carbocycles. The number of carbonyl (C=O) groups is 1. The van der Waals surface area contributed by atoms with Gasteiger partial charge in [0.15, 0.2) is 0 Å². The summed E-state index contributed by atoms with van der Waals surface area (Å²) in [7, 11) is 0. The third-order valence-electron chi connectivity index (χ3n) is 2.35. The Bertz CT molecular complexity index is 436. The van der Waals surface area contributed by atoms with Crippen molar-refractivity contribution in [1.82, 2.24) is 9.97 Å². The van der Waals surface area contributed by atoms with E-state index in [4.69, 9.17) is 5.11 Å². The summed E-state index contributed by atoms with van der Waals surface area (Å²) in [6, 6.07) is 0. The summed E-state index contributed by atoms with van der Waals surface area (Å²) in [5, 5.41) is 18.4. The van der Waals surface area contributed by atoms with Gasteiger partial charge < -0.3 is 10.2 Å². The molecular weight excluding hydrogens is 252 g/mol. The van der Waals surface area contributed by atoms with Gasteiger partial charge in [0.1, 0.15) is 16.4 Å². The molecule has 0 amide bonds. The van der Waals surface area contributed by atoms with Crippen molar-refractivity contribution in [2.24, 2.45) is 0 Å². The van der Waals surface area contributed by atoms with Crippen LogP contribution in [0.2, 0.25) is 0 Å². The highest BCUT2D eigenvalue weighted by molar-refractivity contribution is 7.99. The average Bonchev–Trinajstić information content (AvgIpc) is 2.27. The van der Waals surface area contributed by atoms with E-state index in [0.717, 1.165) is 0 Å². The van der Waals surface area contributed by atoms with E-state index in [2.05, 4.69) is 9.97 Å². The van der Waals surface area contributed by atoms with Gasteiger partial charge in [0, 0.05) is 18.3 Å². The molecule has 1 aromatic heterocycles. The van der Waals surface area contributed by atoms with Crippen LogP contribution >= 0.6 is 11.8 Å². The second kappa shape index (κ2) is 6.70. The summed E-state index contributed by atoms with van der Waals surface area (Å²) < 4.78 is 0. The van der Waals surface area contributed by atoms with Crippen molar-refractivity contribution < 1.29 is 15.0 Å². The van der Waals surface area contributed by atoms with Crippen LogP contribution in [0.15, 0.2) is 5.03 Å². The molecule has 0 atom stereocenters. The SMILES string of the molecule is Cc1nc(C(C)C)nc(SCCCO)c1C(=O)O. The highest BCUT2D eigenvalue weighted by atomic mass is 32.2. The standard InChI is InChI=1S/C12H18N2O3S/c1-7(2)10-13-8(3)9(12(16)17)11(14-10)18-6-4-5-15/h7,15H,4-6H2,1-3H3,(H,16,17). The molecular formula is C12H18N2O3S. The lowest BCUT2D eigenvalue weighted by molar-refractivity contribution is 0.0690. The molecule has 0 aliphatic rings. The highest BCUT2D eigenvalue weighted by Crippen LogP contribution is 2.25. The molecule has 1 rings (SSSR count). The first kappa shape index (κ1) is 14.9. The monoisotopic (exact) mass is 270 g/mol. The molecule has 100 valence electrons. The minimum Gasteiger partial charge on any atom is -0.478 e. The van der Waals surface area contributed by atoms with Crippen LogP contribution in [-0.4, -0.2) is 38.5 Å². The average molecular weight is 270 g/mol. The van der Waals surface area contributed by atoms with E-state index in [1.807, 2.05) is 13.8 Å². The molecule has 2 N–H and O–H groups in total. The highest BCUT2D eigenvalue weighted by Gasteiger charge is 2.19. The topological polar surface area (TPSA) is 83.3 Å². The number of aromatic carboxylic acids is 1. The van der Waals surface area contributed by atoms with Crippen molar-refractivity contribution in [1.29, 1.82) is 0 Å². The maximum atomic E-state index is 11.2. The number of hydrogen-bond acceptors (Lipinski definition) is 5. The van der Waals surface area contributed by atoms with E-state index in [1.54, 1.807) is 6.92 Å². The first-order valence-electron chi connectivity index (χ1n) is 5.82. The van der Waals surface area contributed by atoms with Crippen LogP contribution in [0.25, 0.3) is 0 Å². The fourth-order valence-corrected chi connectivity index (χ4v) is 2.41. The number of nitrogens with zero attached hydrogens (tertiary/aromatic N) is 2. The maximum Gasteiger partial charge on any atom is 0.340 e. The molecule has 5 nitrogen and oxygen atoms in total. The third kappa shape index (κ3) is 3.68. The van der Waals surface area contributed by atoms with E-state index in [9.17, 15) is 9.90 Å². The lowest BCUT2D eigenvalue weighted by Gasteiger charge is -2.11. The Kier molecular flexibility index (Phi) is 5.55. The summed E-state index contributed by atoms with van der Waals surface area (Å²) in [6.07, 6.45) is 0.615. The van der Waals surface area contributed by atoms with Crippen LogP contribution in [0.1, 0.15) is 48.1 Å². The number of aryl methyl sites for hydroxylation is 1. The van der Waals surface area contributed by atoms with E-state index in [0.29, 0.717) is 28.7 Å². The number of aliphatic hydroxyl groups excluding tert-OH is 1. The Hall–Kier alpha value is -1.14. The maximum absolute atomic E-state index is 11.2. The van der Waals surface area contributed by atoms with Gasteiger partial charge in [-0.3, -0.25) is 0 Å². The van der Waals surface area contributed by atoms with Crippen molar-refractivity contribution in [3.8, 4) is 0 Å². The Morgan fingerprint density at radius 1 is 1.39 bits per heavy atom. The molecule has 0 aliphatic heterocycles. The normalized spacial score (nSPS) is 10.9. The smallest absolute Gasteiger partial charge is 0.340 e. The second-order valence-electron chi connectivity index (χ2n) is 4.23. The van der Waals surface area contributed by atoms with Crippen LogP contribution in [0.5, 0.6) is 0 Å². The molecule has 0 spiro atoms. The van der Waals surface area contributed by atoms with Crippen molar-refractivity contribution in [2.45, 2.75) is 38.1 Å². The van der Waals surface area contributed by atoms with Crippen LogP contribution in [0.4, 0.5) is 0 Å². The van der Waals surface area contributed by atoms with Gasteiger partial charge in [0.25, 0.3) is 0 Å². The molecule has 0 fully saturated rings. The number of carboxylic acid groups (broad SMARTS) is 1. The van der Waals surface area contributed by atoms with Gasteiger partial charge in [-0.25, -0.2) is 14.8 Å². The fraction of sp³-hybridized carbons (Fsp3) is 0.583. The van der Waals surface area contributed by atoms with Gasteiger partial charge >= 0.3 is 5.97 Å². The quantitative estimate of drug-likeness (QED) is 0.468. The molecule has 1 heterocycles. The van der Waals surface area contributed by atoms with Gasteiger partial charge in [0.05, 0.1) is 5.69 Å². The van der Waals surface area contributed by atoms with Crippen LogP contribution in [0.3, 0.4) is 0 Å². The Morgan fingerprint density at radius 3 is 2.56 bits per heavy atom. The predicted octanol–water partition coefficient (Wildman–Crippen LogP) is 2.08. The molecule has 0 unspecified atom stereocenters. The zero-order valence-corrected chi connectivity index (χ0v) is 11.6. The number of rotatable bonds is 6. The van der Waals surface area contributed by atoms with Crippen LogP contribution < -0.4 is 0 Å². The van der Waals surface area contributed by atoms with Crippen molar-refractivity contribution >= 4 is 17.7 Å². The summed E-state index contributed by atoms with van der Waals surface area (Å²) in [5.41, 5.74) is 0.662. The second-order valence-corrected chi connectivity index (χ2v) is 5.32. The molecule has 1 aromatic rings. The fourth-order valence-electron chi connectivity index (χ4n) is 1.41. The van der Waals surface area contributed by atoms with Crippen molar-refractivity contribution in [2.75, 3.05) is 12.4 Å². The van der Waals surface area contributed by atoms with Gasteiger partial charge in [0.2, 0.25) is 0 Å². The number of hydrogen-bond donors (Lipinski definition) is 2. The van der Waals surface area contributed by atoms with E-state index in [1.165, 1.54) is 11.8 Å². The Balaban J connectivity index is 3.12. The van der Waals surface area contributed by atoms with Gasteiger partial charge in [-0.05, 0) is 13.3 Å². The van der Waals surface area contributed by atoms with E-state index < -0.39 is 5.97 Å². The summed E-state index contributed by atoms with van der Waals surface area (Å²) in [5.74, 6) is 0.451. The van der Waals surface area contributed by atoms with Crippen molar-refractivity contribution in [3.05, 3.63) is 17.1 Å². The number of aliphatic hydroxyl groups is 1. The molecule has 0 saturated heterocycles. The van der Waals surface area contributed by atoms with Gasteiger partial charge in [-0.1, -0.05) is 13.8 Å². The molecule has 0 aliphatic carbocycles. The Labute approximate surface area is 111 Å². The molecule has 0 bridgehead atoms. The number of carboxylic acids is 1. The third-order valence-corrected chi connectivity index (χ3v) is 3.41. The van der Waals surface area contributed by atoms with E-state index >= 15 is 0 Å².